The minimum absolute atomic E-state index is 0.137. The molecule has 4 heteroatoms. The molecule has 1 aromatic rings. The van der Waals surface area contributed by atoms with Gasteiger partial charge in [-0.25, -0.2) is 0 Å². The van der Waals surface area contributed by atoms with Gasteiger partial charge in [-0.3, -0.25) is 4.79 Å². The zero-order chi connectivity index (χ0) is 12.4. The first-order valence-electron chi connectivity index (χ1n) is 5.89. The van der Waals surface area contributed by atoms with Gasteiger partial charge in [0.05, 0.1) is 5.56 Å². The third kappa shape index (κ3) is 2.63. The lowest BCUT2D eigenvalue weighted by molar-refractivity contribution is 0.0742. The topological polar surface area (TPSA) is 46.3 Å². The number of carbonyl (C=O) groups excluding carboxylic acids is 1. The van der Waals surface area contributed by atoms with Crippen LogP contribution in [0.4, 0.5) is 0 Å². The summed E-state index contributed by atoms with van der Waals surface area (Å²) >= 11 is 2.21. The Kier molecular flexibility index (Phi) is 4.04. The van der Waals surface area contributed by atoms with E-state index >= 15 is 0 Å². The highest BCUT2D eigenvalue weighted by atomic mass is 127. The Morgan fingerprint density at radius 1 is 1.53 bits per heavy atom. The molecule has 1 heterocycles. The van der Waals surface area contributed by atoms with Gasteiger partial charge in [0.15, 0.2) is 0 Å². The predicted octanol–water partition coefficient (Wildman–Crippen LogP) is 2.10. The van der Waals surface area contributed by atoms with E-state index in [0.29, 0.717) is 18.5 Å². The standard InChI is InChI=1S/C13H17IN2O/c1-9-6-10(7-15)8-16(9)13(17)11-4-2-3-5-12(11)14/h2-5,9-10H,6-8,15H2,1H3. The van der Waals surface area contributed by atoms with Crippen molar-refractivity contribution >= 4 is 28.5 Å². The largest absolute Gasteiger partial charge is 0.336 e. The minimum Gasteiger partial charge on any atom is -0.336 e. The second-order valence-electron chi connectivity index (χ2n) is 4.62. The molecule has 1 aromatic carbocycles. The van der Waals surface area contributed by atoms with Gasteiger partial charge in [-0.1, -0.05) is 12.1 Å². The van der Waals surface area contributed by atoms with Gasteiger partial charge >= 0.3 is 0 Å². The molecule has 1 aliphatic rings. The summed E-state index contributed by atoms with van der Waals surface area (Å²) in [5, 5.41) is 0. The van der Waals surface area contributed by atoms with Crippen molar-refractivity contribution in [2.24, 2.45) is 11.7 Å². The Hall–Kier alpha value is -0.620. The number of nitrogens with zero attached hydrogens (tertiary/aromatic N) is 1. The van der Waals surface area contributed by atoms with Gasteiger partial charge in [-0.2, -0.15) is 0 Å². The van der Waals surface area contributed by atoms with Gasteiger partial charge in [0, 0.05) is 16.2 Å². The maximum atomic E-state index is 12.4. The van der Waals surface area contributed by atoms with Crippen molar-refractivity contribution in [2.75, 3.05) is 13.1 Å². The highest BCUT2D eigenvalue weighted by Gasteiger charge is 2.32. The van der Waals surface area contributed by atoms with Crippen LogP contribution >= 0.6 is 22.6 Å². The molecule has 0 spiro atoms. The first kappa shape index (κ1) is 12.8. The van der Waals surface area contributed by atoms with Crippen molar-refractivity contribution < 1.29 is 4.79 Å². The fourth-order valence-electron chi connectivity index (χ4n) is 2.39. The molecule has 3 nitrogen and oxygen atoms in total. The number of halogens is 1. The second-order valence-corrected chi connectivity index (χ2v) is 5.79. The van der Waals surface area contributed by atoms with Crippen LogP contribution in [0.1, 0.15) is 23.7 Å². The molecule has 2 rings (SSSR count). The highest BCUT2D eigenvalue weighted by Crippen LogP contribution is 2.25. The molecule has 1 fully saturated rings. The maximum absolute atomic E-state index is 12.4. The molecule has 92 valence electrons. The first-order valence-corrected chi connectivity index (χ1v) is 6.97. The lowest BCUT2D eigenvalue weighted by atomic mass is 10.1. The van der Waals surface area contributed by atoms with Gasteiger partial charge in [-0.15, -0.1) is 0 Å². The summed E-state index contributed by atoms with van der Waals surface area (Å²) in [5.41, 5.74) is 6.49. The fourth-order valence-corrected chi connectivity index (χ4v) is 3.00. The van der Waals surface area contributed by atoms with Gasteiger partial charge < -0.3 is 10.6 Å². The van der Waals surface area contributed by atoms with E-state index in [1.54, 1.807) is 0 Å². The van der Waals surface area contributed by atoms with Gasteiger partial charge in [0.1, 0.15) is 0 Å². The average molecular weight is 344 g/mol. The summed E-state index contributed by atoms with van der Waals surface area (Å²) in [6, 6.07) is 8.03. The van der Waals surface area contributed by atoms with Crippen molar-refractivity contribution in [3.8, 4) is 0 Å². The molecule has 0 aliphatic carbocycles. The molecule has 0 aromatic heterocycles. The second kappa shape index (κ2) is 5.35. The van der Waals surface area contributed by atoms with Crippen molar-refractivity contribution in [2.45, 2.75) is 19.4 Å². The van der Waals surface area contributed by atoms with Crippen LogP contribution in [0.15, 0.2) is 24.3 Å². The minimum atomic E-state index is 0.137. The lowest BCUT2D eigenvalue weighted by Gasteiger charge is -2.22. The fraction of sp³-hybridized carbons (Fsp3) is 0.462. The normalized spacial score (nSPS) is 24.1. The third-order valence-corrected chi connectivity index (χ3v) is 4.30. The molecule has 1 saturated heterocycles. The Morgan fingerprint density at radius 3 is 2.82 bits per heavy atom. The number of hydrogen-bond acceptors (Lipinski definition) is 2. The van der Waals surface area contributed by atoms with E-state index < -0.39 is 0 Å². The van der Waals surface area contributed by atoms with Gasteiger partial charge in [0.25, 0.3) is 5.91 Å². The van der Waals surface area contributed by atoms with E-state index in [4.69, 9.17) is 5.73 Å². The zero-order valence-electron chi connectivity index (χ0n) is 9.90. The SMILES string of the molecule is CC1CC(CN)CN1C(=O)c1ccccc1I. The predicted molar refractivity (Wildman–Crippen MR) is 76.8 cm³/mol. The van der Waals surface area contributed by atoms with Gasteiger partial charge in [0.2, 0.25) is 0 Å². The highest BCUT2D eigenvalue weighted by molar-refractivity contribution is 14.1. The van der Waals surface area contributed by atoms with Gasteiger partial charge in [-0.05, 0) is 60.5 Å². The van der Waals surface area contributed by atoms with E-state index in [0.717, 1.165) is 22.1 Å². The molecule has 1 aliphatic heterocycles. The van der Waals surface area contributed by atoms with Crippen LogP contribution in [0.5, 0.6) is 0 Å². The van der Waals surface area contributed by atoms with E-state index in [1.807, 2.05) is 29.2 Å². The van der Waals surface area contributed by atoms with Crippen molar-refractivity contribution in [3.05, 3.63) is 33.4 Å². The van der Waals surface area contributed by atoms with E-state index in [1.165, 1.54) is 0 Å². The molecule has 2 N–H and O–H groups in total. The third-order valence-electron chi connectivity index (χ3n) is 3.36. The molecular weight excluding hydrogens is 327 g/mol. The van der Waals surface area contributed by atoms with Crippen LogP contribution in [-0.4, -0.2) is 29.9 Å². The molecule has 0 saturated carbocycles. The van der Waals surface area contributed by atoms with Crippen LogP contribution in [0, 0.1) is 9.49 Å². The Morgan fingerprint density at radius 2 is 2.24 bits per heavy atom. The molecule has 2 unspecified atom stereocenters. The van der Waals surface area contributed by atoms with E-state index in [-0.39, 0.29) is 5.91 Å². The summed E-state index contributed by atoms with van der Waals surface area (Å²) in [4.78, 5) is 14.4. The van der Waals surface area contributed by atoms with Crippen molar-refractivity contribution in [1.29, 1.82) is 0 Å². The molecule has 0 radical (unpaired) electrons. The summed E-state index contributed by atoms with van der Waals surface area (Å²) in [5.74, 6) is 0.591. The van der Waals surface area contributed by atoms with E-state index in [2.05, 4.69) is 29.5 Å². The van der Waals surface area contributed by atoms with Crippen LogP contribution in [-0.2, 0) is 0 Å². The van der Waals surface area contributed by atoms with Crippen molar-refractivity contribution in [3.63, 3.8) is 0 Å². The smallest absolute Gasteiger partial charge is 0.255 e. The van der Waals surface area contributed by atoms with Crippen LogP contribution in [0.2, 0.25) is 0 Å². The van der Waals surface area contributed by atoms with Crippen LogP contribution in [0.25, 0.3) is 0 Å². The van der Waals surface area contributed by atoms with Crippen LogP contribution < -0.4 is 5.73 Å². The number of amides is 1. The number of hydrogen-bond donors (Lipinski definition) is 1. The summed E-state index contributed by atoms with van der Waals surface area (Å²) in [7, 11) is 0. The summed E-state index contributed by atoms with van der Waals surface area (Å²) < 4.78 is 1.01. The molecular formula is C13H17IN2O. The molecule has 1 amide bonds. The number of benzene rings is 1. The summed E-state index contributed by atoms with van der Waals surface area (Å²) in [6.45, 7) is 3.56. The number of likely N-dealkylation sites (tertiary alicyclic amines) is 1. The van der Waals surface area contributed by atoms with E-state index in [9.17, 15) is 4.79 Å². The molecule has 0 bridgehead atoms. The van der Waals surface area contributed by atoms with Crippen molar-refractivity contribution in [1.82, 2.24) is 4.90 Å². The maximum Gasteiger partial charge on any atom is 0.255 e. The van der Waals surface area contributed by atoms with Crippen LogP contribution in [0.3, 0.4) is 0 Å². The molecule has 2 atom stereocenters. The number of rotatable bonds is 2. The zero-order valence-corrected chi connectivity index (χ0v) is 12.1. The monoisotopic (exact) mass is 344 g/mol. The number of carbonyl (C=O) groups is 1. The Balaban J connectivity index is 2.19. The quantitative estimate of drug-likeness (QED) is 0.836. The Labute approximate surface area is 116 Å². The average Bonchev–Trinajstić information content (AvgIpc) is 2.70. The molecule has 17 heavy (non-hydrogen) atoms. The lowest BCUT2D eigenvalue weighted by Crippen LogP contribution is -2.34. The Bertz CT molecular complexity index is 422. The number of nitrogens with two attached hydrogens (primary N) is 1. The summed E-state index contributed by atoms with van der Waals surface area (Å²) in [6.07, 6.45) is 1.02. The first-order chi connectivity index (χ1) is 8.13.